The van der Waals surface area contributed by atoms with Crippen molar-refractivity contribution in [1.29, 1.82) is 0 Å². The highest BCUT2D eigenvalue weighted by molar-refractivity contribution is 7.87. The highest BCUT2D eigenvalue weighted by Gasteiger charge is 2.59. The van der Waals surface area contributed by atoms with Gasteiger partial charge in [-0.05, 0) is 66.6 Å². The van der Waals surface area contributed by atoms with E-state index in [1.807, 2.05) is 18.2 Å². The molecule has 3 aromatic rings. The van der Waals surface area contributed by atoms with Gasteiger partial charge >= 0.3 is 22.0 Å². The monoisotopic (exact) mass is 621 g/mol. The molecule has 6 rings (SSSR count). The fraction of sp³-hybridized carbons (Fsp3) is 0.469. The number of carbonyl (C=O) groups excluding carboxylic acids is 3. The molecule has 2 aliphatic carbocycles. The summed E-state index contributed by atoms with van der Waals surface area (Å²) in [5, 5.41) is 4.09. The Hall–Kier alpha value is -3.90. The van der Waals surface area contributed by atoms with Gasteiger partial charge in [0.05, 0.1) is 18.3 Å². The minimum Gasteiger partial charge on any atom is -0.497 e. The summed E-state index contributed by atoms with van der Waals surface area (Å²) in [6.45, 7) is 0.390. The molecule has 1 aromatic heterocycles. The van der Waals surface area contributed by atoms with E-state index in [4.69, 9.17) is 4.74 Å². The molecule has 0 bridgehead atoms. The van der Waals surface area contributed by atoms with Crippen LogP contribution in [0.15, 0.2) is 36.4 Å². The van der Waals surface area contributed by atoms with Crippen molar-refractivity contribution in [2.45, 2.75) is 62.4 Å². The van der Waals surface area contributed by atoms with Gasteiger partial charge in [-0.15, -0.1) is 0 Å². The predicted molar refractivity (Wildman–Crippen MR) is 167 cm³/mol. The second-order valence-electron chi connectivity index (χ2n) is 12.7. The molecule has 1 aliphatic heterocycles. The van der Waals surface area contributed by atoms with Crippen LogP contribution in [0.3, 0.4) is 0 Å². The number of amides is 3. The van der Waals surface area contributed by atoms with Crippen LogP contribution in [0.5, 0.6) is 5.75 Å². The third-order valence-corrected chi connectivity index (χ3v) is 10.9. The molecule has 234 valence electrons. The van der Waals surface area contributed by atoms with Crippen LogP contribution in [0.2, 0.25) is 0 Å². The Bertz CT molecular complexity index is 1790. The Kier molecular flexibility index (Phi) is 7.48. The Labute approximate surface area is 257 Å². The van der Waals surface area contributed by atoms with E-state index >= 15 is 0 Å². The second-order valence-corrected chi connectivity index (χ2v) is 14.5. The summed E-state index contributed by atoms with van der Waals surface area (Å²) in [6, 6.07) is 11.4. The molecule has 2 fully saturated rings. The number of likely N-dealkylation sites (N-methyl/N-ethyl adjacent to an activating group) is 1. The zero-order chi connectivity index (χ0) is 31.6. The van der Waals surface area contributed by atoms with Gasteiger partial charge in [-0.2, -0.15) is 12.7 Å². The van der Waals surface area contributed by atoms with Crippen molar-refractivity contribution in [2.24, 2.45) is 0 Å². The maximum Gasteiger partial charge on any atom is 0.311 e. The van der Waals surface area contributed by atoms with Gasteiger partial charge in [-0.25, -0.2) is 4.72 Å². The third kappa shape index (κ3) is 5.03. The summed E-state index contributed by atoms with van der Waals surface area (Å²) >= 11 is 0. The Balaban J connectivity index is 1.57. The molecule has 0 saturated heterocycles. The summed E-state index contributed by atoms with van der Waals surface area (Å²) in [7, 11) is 3.45. The van der Waals surface area contributed by atoms with Crippen LogP contribution in [0.4, 0.5) is 0 Å². The van der Waals surface area contributed by atoms with E-state index in [0.29, 0.717) is 24.6 Å². The summed E-state index contributed by atoms with van der Waals surface area (Å²) < 4.78 is 35.8. The average Bonchev–Trinajstić information content (AvgIpc) is 3.63. The lowest BCUT2D eigenvalue weighted by Crippen LogP contribution is -2.47. The molecule has 2 N–H and O–H groups in total. The number of hydrogen-bond donors (Lipinski definition) is 2. The predicted octanol–water partition coefficient (Wildman–Crippen LogP) is 3.34. The van der Waals surface area contributed by atoms with Crippen molar-refractivity contribution < 1.29 is 27.5 Å². The molecular weight excluding hydrogens is 582 g/mol. The molecule has 12 heteroatoms. The van der Waals surface area contributed by atoms with Gasteiger partial charge < -0.3 is 19.5 Å². The van der Waals surface area contributed by atoms with E-state index in [-0.39, 0.29) is 11.5 Å². The van der Waals surface area contributed by atoms with Crippen LogP contribution in [0.1, 0.15) is 71.8 Å². The zero-order valence-electron chi connectivity index (χ0n) is 25.8. The number of benzene rings is 2. The molecule has 2 saturated carbocycles. The number of ether oxygens (including phenoxy) is 1. The molecule has 3 amide bonds. The van der Waals surface area contributed by atoms with Crippen molar-refractivity contribution in [2.75, 3.05) is 35.3 Å². The Morgan fingerprint density at radius 1 is 1.00 bits per heavy atom. The molecule has 1 unspecified atom stereocenters. The number of rotatable bonds is 6. The van der Waals surface area contributed by atoms with Crippen LogP contribution in [0.25, 0.3) is 22.2 Å². The van der Waals surface area contributed by atoms with E-state index in [9.17, 15) is 22.8 Å². The lowest BCUT2D eigenvalue weighted by atomic mass is 9.81. The van der Waals surface area contributed by atoms with Gasteiger partial charge in [0, 0.05) is 62.7 Å². The molecule has 44 heavy (non-hydrogen) atoms. The largest absolute Gasteiger partial charge is 0.497 e. The van der Waals surface area contributed by atoms with Crippen molar-refractivity contribution in [3.05, 3.63) is 53.1 Å². The molecule has 0 radical (unpaired) electrons. The van der Waals surface area contributed by atoms with Crippen molar-refractivity contribution in [3.8, 4) is 17.0 Å². The minimum atomic E-state index is -3.99. The standard InChI is InChI=1S/C32H39N5O6S/c1-35(2)31(40)30(39)33-32-17-25(32)24-16-21(43-5)12-14-22(24)28-27(19-9-7-6-8-10-19)23-13-11-20(15-26(23)37(28)18-32)29(38)34-44(41,42)36(3)4/h11-16,19,25H,6-10,17-18H2,1-5H3,(H,33,39)(H,34,38)/t25?,32-/m1/s1. The maximum atomic E-state index is 13.2. The Morgan fingerprint density at radius 3 is 2.39 bits per heavy atom. The van der Waals surface area contributed by atoms with Gasteiger partial charge in [0.15, 0.2) is 0 Å². The number of fused-ring (bicyclic) bond motifs is 7. The van der Waals surface area contributed by atoms with Crippen molar-refractivity contribution in [3.63, 3.8) is 0 Å². The normalized spacial score (nSPS) is 21.1. The summed E-state index contributed by atoms with van der Waals surface area (Å²) in [5.74, 6) is -1.04. The van der Waals surface area contributed by atoms with E-state index < -0.39 is 33.5 Å². The van der Waals surface area contributed by atoms with E-state index in [0.717, 1.165) is 57.7 Å². The number of aromatic nitrogens is 1. The minimum absolute atomic E-state index is 0.0441. The average molecular weight is 622 g/mol. The second kappa shape index (κ2) is 10.9. The van der Waals surface area contributed by atoms with Crippen LogP contribution in [-0.2, 0) is 26.3 Å². The lowest BCUT2D eigenvalue weighted by molar-refractivity contribution is -0.144. The fourth-order valence-corrected chi connectivity index (χ4v) is 7.58. The van der Waals surface area contributed by atoms with E-state index in [1.165, 1.54) is 31.0 Å². The molecule has 2 atom stereocenters. The molecule has 11 nitrogen and oxygen atoms in total. The van der Waals surface area contributed by atoms with Crippen molar-refractivity contribution >= 4 is 38.8 Å². The SMILES string of the molecule is COc1ccc2c(c1)C1C[C@@]1(NC(=O)C(=O)N(C)C)Cn1c-2c(C2CCCCC2)c2ccc(C(=O)NS(=O)(=O)N(C)C)cc21. The molecule has 3 aliphatic rings. The zero-order valence-corrected chi connectivity index (χ0v) is 26.6. The van der Waals surface area contributed by atoms with E-state index in [2.05, 4.69) is 20.7 Å². The third-order valence-electron chi connectivity index (χ3n) is 9.45. The van der Waals surface area contributed by atoms with Crippen molar-refractivity contribution in [1.82, 2.24) is 23.8 Å². The van der Waals surface area contributed by atoms with Gasteiger partial charge in [0.25, 0.3) is 5.91 Å². The van der Waals surface area contributed by atoms with Crippen LogP contribution >= 0.6 is 0 Å². The van der Waals surface area contributed by atoms with Crippen LogP contribution in [0, 0.1) is 0 Å². The lowest BCUT2D eigenvalue weighted by Gasteiger charge is -2.24. The summed E-state index contributed by atoms with van der Waals surface area (Å²) in [4.78, 5) is 40.3. The Morgan fingerprint density at radius 2 is 1.73 bits per heavy atom. The molecule has 2 aromatic carbocycles. The van der Waals surface area contributed by atoms with Crippen LogP contribution < -0.4 is 14.8 Å². The number of methoxy groups -OCH3 is 1. The number of hydrogen-bond acceptors (Lipinski definition) is 6. The first-order valence-electron chi connectivity index (χ1n) is 15.0. The van der Waals surface area contributed by atoms with Gasteiger partial charge in [0.1, 0.15) is 5.75 Å². The first-order chi connectivity index (χ1) is 20.9. The summed E-state index contributed by atoms with van der Waals surface area (Å²) in [5.41, 5.74) is 4.63. The number of nitrogens with one attached hydrogen (secondary N) is 2. The number of carbonyl (C=O) groups is 3. The highest BCUT2D eigenvalue weighted by Crippen LogP contribution is 2.59. The molecule has 0 spiro atoms. The number of nitrogens with zero attached hydrogens (tertiary/aromatic N) is 3. The summed E-state index contributed by atoms with van der Waals surface area (Å²) in [6.07, 6.45) is 6.18. The van der Waals surface area contributed by atoms with Gasteiger partial charge in [0.2, 0.25) is 0 Å². The van der Waals surface area contributed by atoms with Gasteiger partial charge in [-0.1, -0.05) is 25.3 Å². The smallest absolute Gasteiger partial charge is 0.311 e. The highest BCUT2D eigenvalue weighted by atomic mass is 32.2. The van der Waals surface area contributed by atoms with Gasteiger partial charge in [-0.3, -0.25) is 14.4 Å². The topological polar surface area (TPSA) is 130 Å². The van der Waals surface area contributed by atoms with Crippen LogP contribution in [-0.4, -0.2) is 80.8 Å². The molecular formula is C32H39N5O6S. The first-order valence-corrected chi connectivity index (χ1v) is 16.4. The maximum absolute atomic E-state index is 13.2. The quantitative estimate of drug-likeness (QED) is 0.406. The van der Waals surface area contributed by atoms with E-state index in [1.54, 1.807) is 33.3 Å². The molecule has 2 heterocycles. The fourth-order valence-electron chi connectivity index (χ4n) is 7.05. The first kappa shape index (κ1) is 30.1.